The van der Waals surface area contributed by atoms with Crippen molar-refractivity contribution in [1.82, 2.24) is 9.97 Å². The molecule has 0 saturated carbocycles. The van der Waals surface area contributed by atoms with E-state index in [9.17, 15) is 0 Å². The first kappa shape index (κ1) is 10.4. The van der Waals surface area contributed by atoms with Gasteiger partial charge in [0.1, 0.15) is 16.1 Å². The van der Waals surface area contributed by atoms with Crippen LogP contribution in [-0.2, 0) is 0 Å². The van der Waals surface area contributed by atoms with Gasteiger partial charge >= 0.3 is 6.01 Å². The molecule has 1 rings (SSSR count). The molecular weight excluding hydrogens is 204 g/mol. The van der Waals surface area contributed by atoms with Crippen LogP contribution in [-0.4, -0.2) is 24.2 Å². The van der Waals surface area contributed by atoms with Gasteiger partial charge < -0.3 is 15.2 Å². The Hall–Kier alpha value is -1.68. The van der Waals surface area contributed by atoms with Crippen molar-refractivity contribution < 1.29 is 9.47 Å². The van der Waals surface area contributed by atoms with Gasteiger partial charge in [0.25, 0.3) is 0 Å². The topological polar surface area (TPSA) is 94.1 Å². The molecule has 1 aromatic heterocycles. The predicted molar refractivity (Wildman–Crippen MR) is 51.0 cm³/mol. The highest BCUT2D eigenvalue weighted by Crippen LogP contribution is 2.32. The Kier molecular flexibility index (Phi) is 3.36. The number of methoxy groups -OCH3 is 2. The zero-order valence-corrected chi connectivity index (χ0v) is 8.46. The van der Waals surface area contributed by atoms with E-state index in [4.69, 9.17) is 20.5 Å². The summed E-state index contributed by atoms with van der Waals surface area (Å²) in [5.74, 6) is 0.404. The van der Waals surface area contributed by atoms with E-state index in [1.807, 2.05) is 5.40 Å². The molecule has 1 heterocycles. The maximum absolute atomic E-state index is 8.51. The number of thiocyanates is 1. The van der Waals surface area contributed by atoms with Crippen LogP contribution in [0.5, 0.6) is 11.9 Å². The highest BCUT2D eigenvalue weighted by Gasteiger charge is 2.13. The molecule has 0 aliphatic rings. The molecule has 0 bridgehead atoms. The zero-order chi connectivity index (χ0) is 10.6. The van der Waals surface area contributed by atoms with Crippen LogP contribution < -0.4 is 15.2 Å². The van der Waals surface area contributed by atoms with Crippen molar-refractivity contribution in [3.05, 3.63) is 0 Å². The number of hydrogen-bond acceptors (Lipinski definition) is 7. The standard InChI is InChI=1S/C7H8N4O2S/c1-12-6-4(14-3-8)5(9)10-7(11-6)13-2/h1-2H3,(H2,9,10,11). The minimum atomic E-state index is 0.113. The van der Waals surface area contributed by atoms with Crippen LogP contribution in [0.15, 0.2) is 4.90 Å². The summed E-state index contributed by atoms with van der Waals surface area (Å²) in [6.45, 7) is 0. The number of aromatic nitrogens is 2. The maximum Gasteiger partial charge on any atom is 0.321 e. The van der Waals surface area contributed by atoms with Crippen molar-refractivity contribution in [1.29, 1.82) is 5.26 Å². The summed E-state index contributed by atoms with van der Waals surface area (Å²) < 4.78 is 9.73. The highest BCUT2D eigenvalue weighted by molar-refractivity contribution is 8.04. The van der Waals surface area contributed by atoms with Gasteiger partial charge in [-0.25, -0.2) is 0 Å². The second-order valence-corrected chi connectivity index (χ2v) is 2.92. The fourth-order valence-electron chi connectivity index (χ4n) is 0.797. The first-order chi connectivity index (χ1) is 6.72. The maximum atomic E-state index is 8.51. The molecule has 1 aromatic rings. The monoisotopic (exact) mass is 212 g/mol. The zero-order valence-electron chi connectivity index (χ0n) is 7.64. The summed E-state index contributed by atoms with van der Waals surface area (Å²) in [6.07, 6.45) is 0. The summed E-state index contributed by atoms with van der Waals surface area (Å²) >= 11 is 0.847. The number of rotatable bonds is 3. The Bertz CT molecular complexity index is 377. The van der Waals surface area contributed by atoms with Crippen molar-refractivity contribution >= 4 is 17.6 Å². The van der Waals surface area contributed by atoms with Crippen molar-refractivity contribution in [2.24, 2.45) is 0 Å². The lowest BCUT2D eigenvalue weighted by Crippen LogP contribution is -2.02. The molecule has 0 atom stereocenters. The first-order valence-electron chi connectivity index (χ1n) is 3.54. The van der Waals surface area contributed by atoms with Crippen LogP contribution in [0.1, 0.15) is 0 Å². The smallest absolute Gasteiger partial charge is 0.321 e. The van der Waals surface area contributed by atoms with Gasteiger partial charge in [0.15, 0.2) is 0 Å². The number of nitrogens with zero attached hydrogens (tertiary/aromatic N) is 3. The third-order valence-corrected chi connectivity index (χ3v) is 2.04. The highest BCUT2D eigenvalue weighted by atomic mass is 32.2. The molecule has 14 heavy (non-hydrogen) atoms. The summed E-state index contributed by atoms with van der Waals surface area (Å²) in [4.78, 5) is 8.09. The lowest BCUT2D eigenvalue weighted by Gasteiger charge is -2.07. The quantitative estimate of drug-likeness (QED) is 0.580. The lowest BCUT2D eigenvalue weighted by molar-refractivity contribution is 0.346. The SMILES string of the molecule is COc1nc(N)c(SC#N)c(OC)n1. The van der Waals surface area contributed by atoms with Crippen LogP contribution in [0.2, 0.25) is 0 Å². The van der Waals surface area contributed by atoms with Crippen LogP contribution in [0, 0.1) is 10.7 Å². The third-order valence-electron chi connectivity index (χ3n) is 1.36. The van der Waals surface area contributed by atoms with Crippen LogP contribution in [0.3, 0.4) is 0 Å². The van der Waals surface area contributed by atoms with Gasteiger partial charge in [0.2, 0.25) is 5.88 Å². The predicted octanol–water partition coefficient (Wildman–Crippen LogP) is 0.649. The summed E-state index contributed by atoms with van der Waals surface area (Å²) in [5, 5.41) is 10.4. The minimum Gasteiger partial charge on any atom is -0.480 e. The van der Waals surface area contributed by atoms with E-state index in [1.165, 1.54) is 14.2 Å². The van der Waals surface area contributed by atoms with E-state index in [0.29, 0.717) is 4.90 Å². The summed E-state index contributed by atoms with van der Waals surface area (Å²) in [6, 6.07) is 0.113. The van der Waals surface area contributed by atoms with Crippen molar-refractivity contribution in [3.8, 4) is 17.3 Å². The number of nitrogen functional groups attached to an aromatic ring is 1. The van der Waals surface area contributed by atoms with Crippen molar-refractivity contribution in [2.75, 3.05) is 20.0 Å². The molecule has 0 aliphatic heterocycles. The van der Waals surface area contributed by atoms with Crippen LogP contribution in [0.25, 0.3) is 0 Å². The average molecular weight is 212 g/mol. The molecule has 0 radical (unpaired) electrons. The van der Waals surface area contributed by atoms with Gasteiger partial charge in [0, 0.05) is 0 Å². The van der Waals surface area contributed by atoms with Gasteiger partial charge in [-0.3, -0.25) is 0 Å². The minimum absolute atomic E-state index is 0.113. The second kappa shape index (κ2) is 4.53. The lowest BCUT2D eigenvalue weighted by atomic mass is 10.5. The molecule has 0 fully saturated rings. The normalized spacial score (nSPS) is 9.21. The van der Waals surface area contributed by atoms with Gasteiger partial charge in [-0.1, -0.05) is 0 Å². The average Bonchev–Trinajstić information content (AvgIpc) is 2.20. The number of hydrogen-bond donors (Lipinski definition) is 1. The molecule has 0 spiro atoms. The molecule has 0 amide bonds. The van der Waals surface area contributed by atoms with E-state index < -0.39 is 0 Å². The molecule has 7 heteroatoms. The molecule has 0 saturated heterocycles. The Morgan fingerprint density at radius 2 is 2.07 bits per heavy atom. The summed E-state index contributed by atoms with van der Waals surface area (Å²) in [5.41, 5.74) is 5.58. The van der Waals surface area contributed by atoms with E-state index in [0.717, 1.165) is 11.8 Å². The fourth-order valence-corrected chi connectivity index (χ4v) is 1.26. The van der Waals surface area contributed by atoms with Crippen LogP contribution >= 0.6 is 11.8 Å². The number of ether oxygens (including phenoxy) is 2. The number of thioether (sulfide) groups is 1. The van der Waals surface area contributed by atoms with Gasteiger partial charge in [-0.05, 0) is 11.8 Å². The van der Waals surface area contributed by atoms with Crippen LogP contribution in [0.4, 0.5) is 5.82 Å². The Balaban J connectivity index is 3.21. The van der Waals surface area contributed by atoms with Gasteiger partial charge in [-0.2, -0.15) is 15.2 Å². The molecule has 74 valence electrons. The Morgan fingerprint density at radius 1 is 1.36 bits per heavy atom. The van der Waals surface area contributed by atoms with E-state index in [2.05, 4.69) is 9.97 Å². The Morgan fingerprint density at radius 3 is 2.57 bits per heavy atom. The molecule has 6 nitrogen and oxygen atoms in total. The fraction of sp³-hybridized carbons (Fsp3) is 0.286. The number of nitrogens with two attached hydrogens (primary N) is 1. The third kappa shape index (κ3) is 1.97. The first-order valence-corrected chi connectivity index (χ1v) is 4.36. The van der Waals surface area contributed by atoms with Gasteiger partial charge in [-0.15, -0.1) is 0 Å². The Labute approximate surface area is 85.0 Å². The van der Waals surface area contributed by atoms with E-state index >= 15 is 0 Å². The second-order valence-electron chi connectivity index (χ2n) is 2.13. The molecule has 0 aliphatic carbocycles. The van der Waals surface area contributed by atoms with Crippen molar-refractivity contribution in [2.45, 2.75) is 4.90 Å². The van der Waals surface area contributed by atoms with Gasteiger partial charge in [0.05, 0.1) is 14.2 Å². The summed E-state index contributed by atoms with van der Waals surface area (Å²) in [7, 11) is 2.86. The molecule has 0 unspecified atom stereocenters. The number of nitriles is 1. The molecule has 0 aromatic carbocycles. The molecular formula is C7H8N4O2S. The van der Waals surface area contributed by atoms with E-state index in [1.54, 1.807) is 0 Å². The largest absolute Gasteiger partial charge is 0.480 e. The molecule has 2 N–H and O–H groups in total. The number of anilines is 1. The van der Waals surface area contributed by atoms with E-state index in [-0.39, 0.29) is 17.7 Å². The van der Waals surface area contributed by atoms with Crippen molar-refractivity contribution in [3.63, 3.8) is 0 Å².